The Kier molecular flexibility index (Phi) is 4.01. The molecule has 1 aromatic heterocycles. The summed E-state index contributed by atoms with van der Waals surface area (Å²) in [4.78, 5) is 7.78. The van der Waals surface area contributed by atoms with Crippen LogP contribution < -0.4 is 10.5 Å². The van der Waals surface area contributed by atoms with E-state index in [1.807, 2.05) is 13.0 Å². The molecule has 0 unspecified atom stereocenters. The van der Waals surface area contributed by atoms with Gasteiger partial charge in [-0.1, -0.05) is 6.07 Å². The van der Waals surface area contributed by atoms with Gasteiger partial charge in [0.15, 0.2) is 0 Å². The Labute approximate surface area is 118 Å². The topological polar surface area (TPSA) is 98.0 Å². The van der Waals surface area contributed by atoms with Gasteiger partial charge in [0, 0.05) is 6.54 Å². The van der Waals surface area contributed by atoms with Crippen molar-refractivity contribution in [1.82, 2.24) is 9.97 Å². The summed E-state index contributed by atoms with van der Waals surface area (Å²) >= 11 is 0. The first-order chi connectivity index (χ1) is 9.44. The van der Waals surface area contributed by atoms with E-state index < -0.39 is 10.0 Å². The molecule has 0 atom stereocenters. The van der Waals surface area contributed by atoms with Crippen LogP contribution >= 0.6 is 0 Å². The standard InChI is InChI=1S/C13H16N4O2S/c1-9-3-11(5-14)4-13(10(9)2)20(18,19)17-12-6-15-8-16-7-12/h3-4,6-8,17H,5,14H2,1-2H3. The van der Waals surface area contributed by atoms with E-state index in [-0.39, 0.29) is 11.4 Å². The third kappa shape index (κ3) is 2.94. The van der Waals surface area contributed by atoms with Crippen molar-refractivity contribution in [1.29, 1.82) is 0 Å². The number of nitrogens with one attached hydrogen (secondary N) is 1. The van der Waals surface area contributed by atoms with E-state index in [9.17, 15) is 8.42 Å². The minimum Gasteiger partial charge on any atom is -0.326 e. The molecule has 1 aromatic carbocycles. The smallest absolute Gasteiger partial charge is 0.262 e. The molecule has 0 spiro atoms. The molecule has 1 heterocycles. The summed E-state index contributed by atoms with van der Waals surface area (Å²) in [6.45, 7) is 3.92. The van der Waals surface area contributed by atoms with Gasteiger partial charge in [-0.15, -0.1) is 0 Å². The second kappa shape index (κ2) is 5.56. The van der Waals surface area contributed by atoms with Gasteiger partial charge in [0.25, 0.3) is 10.0 Å². The van der Waals surface area contributed by atoms with Crippen LogP contribution in [0.1, 0.15) is 16.7 Å². The summed E-state index contributed by atoms with van der Waals surface area (Å²) in [5.41, 5.74) is 8.28. The second-order valence-electron chi connectivity index (χ2n) is 4.47. The van der Waals surface area contributed by atoms with Gasteiger partial charge in [-0.2, -0.15) is 0 Å². The zero-order chi connectivity index (χ0) is 14.8. The predicted molar refractivity (Wildman–Crippen MR) is 76.6 cm³/mol. The third-order valence-corrected chi connectivity index (χ3v) is 4.53. The number of rotatable bonds is 4. The summed E-state index contributed by atoms with van der Waals surface area (Å²) in [7, 11) is -3.68. The van der Waals surface area contributed by atoms with Crippen LogP contribution in [0.5, 0.6) is 0 Å². The van der Waals surface area contributed by atoms with E-state index in [1.54, 1.807) is 13.0 Å². The van der Waals surface area contributed by atoms with Crippen molar-refractivity contribution in [2.45, 2.75) is 25.3 Å². The van der Waals surface area contributed by atoms with Crippen LogP contribution in [-0.4, -0.2) is 18.4 Å². The van der Waals surface area contributed by atoms with Gasteiger partial charge in [-0.3, -0.25) is 4.72 Å². The fourth-order valence-electron chi connectivity index (χ4n) is 1.86. The van der Waals surface area contributed by atoms with Crippen molar-refractivity contribution < 1.29 is 8.42 Å². The fourth-order valence-corrected chi connectivity index (χ4v) is 3.25. The number of sulfonamides is 1. The van der Waals surface area contributed by atoms with E-state index in [1.165, 1.54) is 18.7 Å². The minimum atomic E-state index is -3.68. The van der Waals surface area contributed by atoms with Crippen molar-refractivity contribution in [2.75, 3.05) is 4.72 Å². The lowest BCUT2D eigenvalue weighted by Crippen LogP contribution is -2.16. The van der Waals surface area contributed by atoms with Crippen molar-refractivity contribution >= 4 is 15.7 Å². The summed E-state index contributed by atoms with van der Waals surface area (Å²) in [5.74, 6) is 0. The van der Waals surface area contributed by atoms with Gasteiger partial charge in [-0.05, 0) is 36.6 Å². The van der Waals surface area contributed by atoms with Crippen molar-refractivity contribution in [3.05, 3.63) is 47.5 Å². The Morgan fingerprint density at radius 2 is 1.85 bits per heavy atom. The molecule has 2 rings (SSSR count). The lowest BCUT2D eigenvalue weighted by atomic mass is 10.1. The first-order valence-corrected chi connectivity index (χ1v) is 7.50. The number of hydrogen-bond acceptors (Lipinski definition) is 5. The van der Waals surface area contributed by atoms with Crippen LogP contribution in [-0.2, 0) is 16.6 Å². The highest BCUT2D eigenvalue weighted by molar-refractivity contribution is 7.92. The number of aromatic nitrogens is 2. The van der Waals surface area contributed by atoms with Crippen molar-refractivity contribution in [3.8, 4) is 0 Å². The zero-order valence-corrected chi connectivity index (χ0v) is 12.1. The molecule has 0 saturated heterocycles. The van der Waals surface area contributed by atoms with Gasteiger partial charge >= 0.3 is 0 Å². The predicted octanol–water partition coefficient (Wildman–Crippen LogP) is 1.35. The highest BCUT2D eigenvalue weighted by atomic mass is 32.2. The maximum Gasteiger partial charge on any atom is 0.262 e. The van der Waals surface area contributed by atoms with Crippen molar-refractivity contribution in [2.24, 2.45) is 5.73 Å². The molecule has 6 nitrogen and oxygen atoms in total. The minimum absolute atomic E-state index is 0.224. The number of aryl methyl sites for hydroxylation is 1. The second-order valence-corrected chi connectivity index (χ2v) is 6.12. The monoisotopic (exact) mass is 292 g/mol. The molecule has 0 aliphatic rings. The zero-order valence-electron chi connectivity index (χ0n) is 11.3. The average Bonchev–Trinajstić information content (AvgIpc) is 2.42. The molecule has 0 saturated carbocycles. The van der Waals surface area contributed by atoms with Crippen LogP contribution in [0, 0.1) is 13.8 Å². The number of nitrogens with zero attached hydrogens (tertiary/aromatic N) is 2. The fraction of sp³-hybridized carbons (Fsp3) is 0.231. The van der Waals surface area contributed by atoms with E-state index in [0.29, 0.717) is 11.3 Å². The largest absolute Gasteiger partial charge is 0.326 e. The quantitative estimate of drug-likeness (QED) is 0.886. The van der Waals surface area contributed by atoms with E-state index in [2.05, 4.69) is 14.7 Å². The molecular formula is C13H16N4O2S. The highest BCUT2D eigenvalue weighted by Gasteiger charge is 2.19. The summed E-state index contributed by atoms with van der Waals surface area (Å²) in [6.07, 6.45) is 4.14. The molecule has 3 N–H and O–H groups in total. The molecule has 7 heteroatoms. The van der Waals surface area contributed by atoms with Crippen LogP contribution in [0.3, 0.4) is 0 Å². The van der Waals surface area contributed by atoms with Crippen LogP contribution in [0.2, 0.25) is 0 Å². The molecule has 106 valence electrons. The van der Waals surface area contributed by atoms with Gasteiger partial charge in [0.1, 0.15) is 6.33 Å². The lowest BCUT2D eigenvalue weighted by Gasteiger charge is -2.13. The molecule has 0 bridgehead atoms. The molecule has 0 fully saturated rings. The molecule has 2 aromatic rings. The Balaban J connectivity index is 2.47. The molecule has 0 aliphatic carbocycles. The molecular weight excluding hydrogens is 276 g/mol. The van der Waals surface area contributed by atoms with E-state index in [0.717, 1.165) is 11.1 Å². The van der Waals surface area contributed by atoms with Crippen LogP contribution in [0.4, 0.5) is 5.69 Å². The van der Waals surface area contributed by atoms with Crippen LogP contribution in [0.25, 0.3) is 0 Å². The molecule has 0 aliphatic heterocycles. The normalized spacial score (nSPS) is 11.3. The first-order valence-electron chi connectivity index (χ1n) is 6.02. The number of anilines is 1. The SMILES string of the molecule is Cc1cc(CN)cc(S(=O)(=O)Nc2cncnc2)c1C. The van der Waals surface area contributed by atoms with Gasteiger partial charge in [0.05, 0.1) is 23.0 Å². The van der Waals surface area contributed by atoms with Crippen LogP contribution in [0.15, 0.2) is 35.7 Å². The number of nitrogens with two attached hydrogens (primary N) is 1. The third-order valence-electron chi connectivity index (χ3n) is 3.02. The molecule has 0 radical (unpaired) electrons. The summed E-state index contributed by atoms with van der Waals surface area (Å²) < 4.78 is 27.3. The lowest BCUT2D eigenvalue weighted by molar-refractivity contribution is 0.600. The van der Waals surface area contributed by atoms with E-state index >= 15 is 0 Å². The molecule has 20 heavy (non-hydrogen) atoms. The van der Waals surface area contributed by atoms with Gasteiger partial charge in [0.2, 0.25) is 0 Å². The highest BCUT2D eigenvalue weighted by Crippen LogP contribution is 2.23. The maximum atomic E-state index is 12.4. The summed E-state index contributed by atoms with van der Waals surface area (Å²) in [6, 6.07) is 3.48. The first kappa shape index (κ1) is 14.4. The Morgan fingerprint density at radius 3 is 2.45 bits per heavy atom. The van der Waals surface area contributed by atoms with E-state index in [4.69, 9.17) is 5.73 Å². The van der Waals surface area contributed by atoms with Gasteiger partial charge < -0.3 is 5.73 Å². The Hall–Kier alpha value is -1.99. The molecule has 0 amide bonds. The Morgan fingerprint density at radius 1 is 1.20 bits per heavy atom. The number of hydrogen-bond donors (Lipinski definition) is 2. The maximum absolute atomic E-state index is 12.4. The number of benzene rings is 1. The van der Waals surface area contributed by atoms with Gasteiger partial charge in [-0.25, -0.2) is 18.4 Å². The average molecular weight is 292 g/mol. The Bertz CT molecular complexity index is 715. The van der Waals surface area contributed by atoms with Crippen molar-refractivity contribution in [3.63, 3.8) is 0 Å². The summed E-state index contributed by atoms with van der Waals surface area (Å²) in [5, 5.41) is 0.